The van der Waals surface area contributed by atoms with Gasteiger partial charge in [-0.05, 0) is 50.1 Å². The maximum Gasteiger partial charge on any atom is 0.340 e. The van der Waals surface area contributed by atoms with Crippen LogP contribution < -0.4 is 5.32 Å². The van der Waals surface area contributed by atoms with Gasteiger partial charge in [0.05, 0.1) is 16.3 Å². The third kappa shape index (κ3) is 4.38. The molecule has 0 aliphatic carbocycles. The highest BCUT2D eigenvalue weighted by Crippen LogP contribution is 2.35. The van der Waals surface area contributed by atoms with E-state index in [1.807, 2.05) is 37.7 Å². The van der Waals surface area contributed by atoms with Crippen molar-refractivity contribution in [1.29, 1.82) is 0 Å². The fourth-order valence-corrected chi connectivity index (χ4v) is 4.20. The third-order valence-electron chi connectivity index (χ3n) is 4.94. The molecule has 0 spiro atoms. The molecule has 1 aromatic carbocycles. The average molecular weight is 393 g/mol. The van der Waals surface area contributed by atoms with Gasteiger partial charge in [-0.25, -0.2) is 9.48 Å². The lowest BCUT2D eigenvalue weighted by Crippen LogP contribution is -2.50. The van der Waals surface area contributed by atoms with E-state index in [1.165, 1.54) is 0 Å². The Kier molecular flexibility index (Phi) is 5.46. The van der Waals surface area contributed by atoms with Gasteiger partial charge in [0.15, 0.2) is 0 Å². The van der Waals surface area contributed by atoms with Crippen molar-refractivity contribution < 1.29 is 9.53 Å². The molecule has 0 aliphatic heterocycles. The Labute approximate surface area is 162 Å². The Morgan fingerprint density at radius 3 is 2.23 bits per heavy atom. The van der Waals surface area contributed by atoms with Gasteiger partial charge in [0, 0.05) is 11.5 Å². The van der Waals surface area contributed by atoms with Gasteiger partial charge in [-0.2, -0.15) is 5.10 Å². The summed E-state index contributed by atoms with van der Waals surface area (Å²) in [5.74, 6) is -0.420. The van der Waals surface area contributed by atoms with Crippen molar-refractivity contribution in [2.45, 2.75) is 65.3 Å². The van der Waals surface area contributed by atoms with Crippen molar-refractivity contribution in [2.24, 2.45) is 0 Å². The molecule has 0 radical (unpaired) electrons. The molecule has 142 valence electrons. The third-order valence-corrected chi connectivity index (χ3v) is 10.6. The molecule has 0 atom stereocenters. The van der Waals surface area contributed by atoms with E-state index in [1.54, 1.807) is 12.1 Å². The van der Waals surface area contributed by atoms with Crippen LogP contribution in [0.2, 0.25) is 23.2 Å². The van der Waals surface area contributed by atoms with Gasteiger partial charge in [-0.1, -0.05) is 45.5 Å². The first kappa shape index (κ1) is 20.7. The monoisotopic (exact) mass is 392 g/mol. The molecule has 0 saturated carbocycles. The highest BCUT2D eigenvalue weighted by molar-refractivity contribution is 6.91. The summed E-state index contributed by atoms with van der Waals surface area (Å²) in [5, 5.41) is 6.52. The number of ether oxygens (including phenoxy) is 1. The number of hydrogen-bond acceptors (Lipinski definition) is 3. The molecule has 4 nitrogen and oxygen atoms in total. The minimum Gasteiger partial charge on any atom is -0.456 e. The van der Waals surface area contributed by atoms with Crippen LogP contribution >= 0.6 is 11.6 Å². The second kappa shape index (κ2) is 6.85. The van der Waals surface area contributed by atoms with Crippen LogP contribution in [0.25, 0.3) is 5.69 Å². The van der Waals surface area contributed by atoms with Gasteiger partial charge < -0.3 is 4.74 Å². The van der Waals surface area contributed by atoms with E-state index in [4.69, 9.17) is 21.4 Å². The Balaban J connectivity index is 2.32. The van der Waals surface area contributed by atoms with E-state index in [9.17, 15) is 4.79 Å². The number of rotatable bonds is 3. The highest BCUT2D eigenvalue weighted by Gasteiger charge is 2.39. The Morgan fingerprint density at radius 2 is 1.73 bits per heavy atom. The molecule has 0 aliphatic rings. The van der Waals surface area contributed by atoms with E-state index < -0.39 is 19.6 Å². The minimum absolute atomic E-state index is 0.213. The predicted octanol–water partition coefficient (Wildman–Crippen LogP) is 5.20. The van der Waals surface area contributed by atoms with Gasteiger partial charge in [0.1, 0.15) is 13.7 Å². The van der Waals surface area contributed by atoms with Crippen LogP contribution in [-0.2, 0) is 4.74 Å². The molecule has 0 bridgehead atoms. The standard InChI is InChI=1S/C20H29ClN2O2Si/c1-19(2,3)25-18(24)15-10-9-14(13-16(15)21)23-12-11-17(22-23)26(7,8)20(4,5)6/h9-13H,1-8H3. The lowest BCUT2D eigenvalue weighted by molar-refractivity contribution is 0.00698. The number of benzene rings is 1. The van der Waals surface area contributed by atoms with Crippen molar-refractivity contribution in [1.82, 2.24) is 9.78 Å². The first-order chi connectivity index (χ1) is 11.7. The summed E-state index contributed by atoms with van der Waals surface area (Å²) in [6.07, 6.45) is 1.95. The lowest BCUT2D eigenvalue weighted by atomic mass is 10.1. The molecule has 2 aromatic rings. The second-order valence-electron chi connectivity index (χ2n) is 9.19. The quantitative estimate of drug-likeness (QED) is 0.532. The summed E-state index contributed by atoms with van der Waals surface area (Å²) in [6, 6.07) is 7.38. The van der Waals surface area contributed by atoms with Crippen molar-refractivity contribution >= 4 is 31.0 Å². The van der Waals surface area contributed by atoms with Gasteiger partial charge in [-0.15, -0.1) is 0 Å². The van der Waals surface area contributed by atoms with E-state index in [2.05, 4.69) is 39.9 Å². The Morgan fingerprint density at radius 1 is 1.12 bits per heavy atom. The van der Waals surface area contributed by atoms with Crippen LogP contribution in [0.15, 0.2) is 30.5 Å². The first-order valence-electron chi connectivity index (χ1n) is 8.82. The molecule has 0 saturated heterocycles. The predicted molar refractivity (Wildman–Crippen MR) is 111 cm³/mol. The number of halogens is 1. The van der Waals surface area contributed by atoms with Crippen LogP contribution in [-0.4, -0.2) is 29.4 Å². The molecule has 26 heavy (non-hydrogen) atoms. The molecular formula is C20H29ClN2O2Si. The van der Waals surface area contributed by atoms with Gasteiger partial charge in [-0.3, -0.25) is 0 Å². The zero-order valence-electron chi connectivity index (χ0n) is 17.0. The SMILES string of the molecule is CC(C)(C)OC(=O)c1ccc(-n2ccc([Si](C)(C)C(C)(C)C)n2)cc1Cl. The number of aromatic nitrogens is 2. The fourth-order valence-electron chi connectivity index (χ4n) is 2.33. The second-order valence-corrected chi connectivity index (χ2v) is 14.9. The van der Waals surface area contributed by atoms with Gasteiger partial charge in [0.2, 0.25) is 0 Å². The molecular weight excluding hydrogens is 364 g/mol. The highest BCUT2D eigenvalue weighted by atomic mass is 35.5. The van der Waals surface area contributed by atoms with Gasteiger partial charge >= 0.3 is 5.97 Å². The summed E-state index contributed by atoms with van der Waals surface area (Å²) in [6.45, 7) is 17.0. The van der Waals surface area contributed by atoms with Crippen molar-refractivity contribution in [3.8, 4) is 5.69 Å². The molecule has 2 rings (SSSR count). The summed E-state index contributed by atoms with van der Waals surface area (Å²) < 4.78 is 7.22. The number of nitrogens with zero attached hydrogens (tertiary/aromatic N) is 2. The number of carbonyl (C=O) groups excluding carboxylic acids is 1. The average Bonchev–Trinajstić information content (AvgIpc) is 2.94. The number of esters is 1. The molecule has 6 heteroatoms. The normalized spacial score (nSPS) is 13.0. The summed E-state index contributed by atoms with van der Waals surface area (Å²) in [7, 11) is -1.70. The van der Waals surface area contributed by atoms with Crippen molar-refractivity contribution in [3.05, 3.63) is 41.0 Å². The molecule has 0 unspecified atom stereocenters. The van der Waals surface area contributed by atoms with Crippen LogP contribution in [0.5, 0.6) is 0 Å². The molecule has 0 N–H and O–H groups in total. The maximum absolute atomic E-state index is 12.3. The van der Waals surface area contributed by atoms with Crippen molar-refractivity contribution in [2.75, 3.05) is 0 Å². The smallest absolute Gasteiger partial charge is 0.340 e. The van der Waals surface area contributed by atoms with Crippen LogP contribution in [0.4, 0.5) is 0 Å². The Bertz CT molecular complexity index is 814. The molecule has 1 heterocycles. The summed E-state index contributed by atoms with van der Waals surface area (Å²) >= 11 is 6.34. The molecule has 0 fully saturated rings. The minimum atomic E-state index is -1.70. The lowest BCUT2D eigenvalue weighted by Gasteiger charge is -2.35. The van der Waals surface area contributed by atoms with E-state index in [0.29, 0.717) is 10.6 Å². The zero-order chi connectivity index (χ0) is 19.9. The van der Waals surface area contributed by atoms with E-state index >= 15 is 0 Å². The maximum atomic E-state index is 12.3. The summed E-state index contributed by atoms with van der Waals surface area (Å²) in [4.78, 5) is 12.3. The zero-order valence-corrected chi connectivity index (χ0v) is 18.7. The molecule has 0 amide bonds. The molecule has 1 aromatic heterocycles. The van der Waals surface area contributed by atoms with Gasteiger partial charge in [0.25, 0.3) is 0 Å². The largest absolute Gasteiger partial charge is 0.456 e. The van der Waals surface area contributed by atoms with Crippen molar-refractivity contribution in [3.63, 3.8) is 0 Å². The van der Waals surface area contributed by atoms with Crippen LogP contribution in [0.1, 0.15) is 51.9 Å². The first-order valence-corrected chi connectivity index (χ1v) is 12.2. The Hall–Kier alpha value is -1.59. The number of hydrogen-bond donors (Lipinski definition) is 0. The van der Waals surface area contributed by atoms with Crippen LogP contribution in [0, 0.1) is 0 Å². The topological polar surface area (TPSA) is 44.1 Å². The summed E-state index contributed by atoms with van der Waals surface area (Å²) in [5.41, 5.74) is 0.633. The van der Waals surface area contributed by atoms with E-state index in [-0.39, 0.29) is 5.04 Å². The van der Waals surface area contributed by atoms with E-state index in [0.717, 1.165) is 11.0 Å². The number of carbonyl (C=O) groups is 1. The fraction of sp³-hybridized carbons (Fsp3) is 0.500. The van der Waals surface area contributed by atoms with Crippen LogP contribution in [0.3, 0.4) is 0 Å².